The molecule has 1 atom stereocenters. The van der Waals surface area contributed by atoms with Crippen molar-refractivity contribution in [2.24, 2.45) is 0 Å². The molecular weight excluding hydrogens is 270 g/mol. The van der Waals surface area contributed by atoms with Crippen molar-refractivity contribution in [3.05, 3.63) is 29.3 Å². The van der Waals surface area contributed by atoms with Crippen LogP contribution in [0.2, 0.25) is 5.02 Å². The van der Waals surface area contributed by atoms with Crippen LogP contribution < -0.4 is 5.32 Å². The van der Waals surface area contributed by atoms with Gasteiger partial charge < -0.3 is 10.1 Å². The van der Waals surface area contributed by atoms with Gasteiger partial charge in [0.2, 0.25) is 0 Å². The number of esters is 1. The summed E-state index contributed by atoms with van der Waals surface area (Å²) < 4.78 is 4.98. The monoisotopic (exact) mass is 287 g/mol. The topological polar surface area (TPSA) is 38.3 Å². The van der Waals surface area contributed by atoms with Crippen LogP contribution in [-0.2, 0) is 9.53 Å². The second-order valence-electron chi connectivity index (χ2n) is 3.69. The minimum Gasteiger partial charge on any atom is -0.465 e. The third-order valence-electron chi connectivity index (χ3n) is 2.39. The van der Waals surface area contributed by atoms with Crippen molar-refractivity contribution in [3.63, 3.8) is 0 Å². The molecule has 1 unspecified atom stereocenters. The standard InChI is InChI=1S/C13H18ClNO2S/c1-3-17-13(16)12(15-2)7-8-18-11-6-4-5-10(14)9-11/h4-6,9,12,15H,3,7-8H2,1-2H3. The van der Waals surface area contributed by atoms with Gasteiger partial charge in [-0.1, -0.05) is 17.7 Å². The first-order valence-corrected chi connectivity index (χ1v) is 7.26. The van der Waals surface area contributed by atoms with E-state index in [1.54, 1.807) is 18.8 Å². The third-order valence-corrected chi connectivity index (χ3v) is 3.65. The lowest BCUT2D eigenvalue weighted by molar-refractivity contribution is -0.145. The number of likely N-dealkylation sites (N-methyl/N-ethyl adjacent to an activating group) is 1. The molecule has 5 heteroatoms. The minimum absolute atomic E-state index is 0.188. The molecule has 0 fully saturated rings. The summed E-state index contributed by atoms with van der Waals surface area (Å²) >= 11 is 7.59. The van der Waals surface area contributed by atoms with Crippen LogP contribution in [0, 0.1) is 0 Å². The number of carbonyl (C=O) groups excluding carboxylic acids is 1. The Morgan fingerprint density at radius 1 is 1.56 bits per heavy atom. The van der Waals surface area contributed by atoms with Gasteiger partial charge in [-0.25, -0.2) is 0 Å². The number of nitrogens with one attached hydrogen (secondary N) is 1. The number of hydrogen-bond acceptors (Lipinski definition) is 4. The summed E-state index contributed by atoms with van der Waals surface area (Å²) in [5.74, 6) is 0.650. The van der Waals surface area contributed by atoms with Crippen molar-refractivity contribution < 1.29 is 9.53 Å². The summed E-state index contributed by atoms with van der Waals surface area (Å²) in [4.78, 5) is 12.7. The fourth-order valence-electron chi connectivity index (χ4n) is 1.47. The fourth-order valence-corrected chi connectivity index (χ4v) is 2.70. The number of rotatable bonds is 7. The van der Waals surface area contributed by atoms with Gasteiger partial charge >= 0.3 is 5.97 Å². The van der Waals surface area contributed by atoms with E-state index in [4.69, 9.17) is 16.3 Å². The highest BCUT2D eigenvalue weighted by atomic mass is 35.5. The Balaban J connectivity index is 2.37. The van der Waals surface area contributed by atoms with Gasteiger partial charge in [0.25, 0.3) is 0 Å². The van der Waals surface area contributed by atoms with E-state index in [2.05, 4.69) is 5.32 Å². The van der Waals surface area contributed by atoms with Crippen LogP contribution >= 0.6 is 23.4 Å². The van der Waals surface area contributed by atoms with Crippen LogP contribution in [0.5, 0.6) is 0 Å². The fraction of sp³-hybridized carbons (Fsp3) is 0.462. The largest absolute Gasteiger partial charge is 0.465 e. The second kappa shape index (κ2) is 8.40. The van der Waals surface area contributed by atoms with Crippen LogP contribution in [0.3, 0.4) is 0 Å². The van der Waals surface area contributed by atoms with Gasteiger partial charge in [0.15, 0.2) is 0 Å². The zero-order valence-corrected chi connectivity index (χ0v) is 12.2. The van der Waals surface area contributed by atoms with Crippen molar-refractivity contribution in [1.82, 2.24) is 5.32 Å². The average Bonchev–Trinajstić information content (AvgIpc) is 2.35. The van der Waals surface area contributed by atoms with Crippen molar-refractivity contribution in [2.45, 2.75) is 24.3 Å². The lowest BCUT2D eigenvalue weighted by atomic mass is 10.2. The molecule has 0 radical (unpaired) electrons. The van der Waals surface area contributed by atoms with Crippen LogP contribution in [0.25, 0.3) is 0 Å². The Bertz CT molecular complexity index is 387. The first-order valence-electron chi connectivity index (χ1n) is 5.89. The Morgan fingerprint density at radius 3 is 2.94 bits per heavy atom. The summed E-state index contributed by atoms with van der Waals surface area (Å²) in [7, 11) is 1.77. The molecule has 0 aliphatic carbocycles. The smallest absolute Gasteiger partial charge is 0.323 e. The van der Waals surface area contributed by atoms with Gasteiger partial charge in [0.1, 0.15) is 6.04 Å². The first-order chi connectivity index (χ1) is 8.67. The van der Waals surface area contributed by atoms with Gasteiger partial charge in [0, 0.05) is 15.7 Å². The molecule has 1 rings (SSSR count). The predicted octanol–water partition coefficient (Wildman–Crippen LogP) is 2.97. The summed E-state index contributed by atoms with van der Waals surface area (Å²) in [6.45, 7) is 2.23. The van der Waals surface area contributed by atoms with Gasteiger partial charge in [0.05, 0.1) is 6.61 Å². The van der Waals surface area contributed by atoms with Crippen LogP contribution in [-0.4, -0.2) is 31.4 Å². The molecule has 0 saturated heterocycles. The van der Waals surface area contributed by atoms with E-state index in [0.717, 1.165) is 22.1 Å². The Kier molecular flexibility index (Phi) is 7.16. The molecule has 0 bridgehead atoms. The molecule has 1 aromatic carbocycles. The molecule has 0 saturated carbocycles. The van der Waals surface area contributed by atoms with Crippen molar-refractivity contribution in [2.75, 3.05) is 19.4 Å². The number of thioether (sulfide) groups is 1. The number of benzene rings is 1. The predicted molar refractivity (Wildman–Crippen MR) is 76.3 cm³/mol. The van der Waals surface area contributed by atoms with E-state index < -0.39 is 0 Å². The second-order valence-corrected chi connectivity index (χ2v) is 5.29. The number of ether oxygens (including phenoxy) is 1. The molecule has 1 N–H and O–H groups in total. The molecule has 0 spiro atoms. The maximum absolute atomic E-state index is 11.6. The quantitative estimate of drug-likeness (QED) is 0.618. The van der Waals surface area contributed by atoms with E-state index in [0.29, 0.717) is 6.61 Å². The highest BCUT2D eigenvalue weighted by Gasteiger charge is 2.16. The van der Waals surface area contributed by atoms with E-state index >= 15 is 0 Å². The van der Waals surface area contributed by atoms with Gasteiger partial charge in [-0.05, 0) is 38.6 Å². The average molecular weight is 288 g/mol. The number of hydrogen-bond donors (Lipinski definition) is 1. The molecule has 0 aliphatic rings. The van der Waals surface area contributed by atoms with Crippen LogP contribution in [0.15, 0.2) is 29.2 Å². The lowest BCUT2D eigenvalue weighted by Gasteiger charge is -2.14. The summed E-state index contributed by atoms with van der Waals surface area (Å²) in [6, 6.07) is 7.46. The van der Waals surface area contributed by atoms with Crippen molar-refractivity contribution in [1.29, 1.82) is 0 Å². The zero-order chi connectivity index (χ0) is 13.4. The highest BCUT2D eigenvalue weighted by molar-refractivity contribution is 7.99. The lowest BCUT2D eigenvalue weighted by Crippen LogP contribution is -2.36. The van der Waals surface area contributed by atoms with Crippen LogP contribution in [0.4, 0.5) is 0 Å². The van der Waals surface area contributed by atoms with E-state index in [1.165, 1.54) is 0 Å². The van der Waals surface area contributed by atoms with Crippen LogP contribution in [0.1, 0.15) is 13.3 Å². The Hall–Kier alpha value is -0.710. The normalized spacial score (nSPS) is 12.2. The molecule has 0 heterocycles. The summed E-state index contributed by atoms with van der Waals surface area (Å²) in [6.07, 6.45) is 0.729. The molecule has 100 valence electrons. The van der Waals surface area contributed by atoms with Crippen molar-refractivity contribution >= 4 is 29.3 Å². The maximum atomic E-state index is 11.6. The molecule has 1 aromatic rings. The molecule has 3 nitrogen and oxygen atoms in total. The van der Waals surface area contributed by atoms with Gasteiger partial charge in [-0.2, -0.15) is 0 Å². The minimum atomic E-state index is -0.239. The molecule has 0 aliphatic heterocycles. The van der Waals surface area contributed by atoms with E-state index in [-0.39, 0.29) is 12.0 Å². The van der Waals surface area contributed by atoms with E-state index in [1.807, 2.05) is 31.2 Å². The first kappa shape index (κ1) is 15.3. The summed E-state index contributed by atoms with van der Waals surface area (Å²) in [5, 5.41) is 3.70. The molecule has 0 aromatic heterocycles. The van der Waals surface area contributed by atoms with Gasteiger partial charge in [-0.15, -0.1) is 11.8 Å². The molecular formula is C13H18ClNO2S. The zero-order valence-electron chi connectivity index (χ0n) is 10.6. The van der Waals surface area contributed by atoms with Crippen molar-refractivity contribution in [3.8, 4) is 0 Å². The van der Waals surface area contributed by atoms with Gasteiger partial charge in [-0.3, -0.25) is 4.79 Å². The highest BCUT2D eigenvalue weighted by Crippen LogP contribution is 2.22. The number of carbonyl (C=O) groups is 1. The maximum Gasteiger partial charge on any atom is 0.323 e. The third kappa shape index (κ3) is 5.29. The Morgan fingerprint density at radius 2 is 2.33 bits per heavy atom. The number of halogens is 1. The SMILES string of the molecule is CCOC(=O)C(CCSc1cccc(Cl)c1)NC. The molecule has 0 amide bonds. The Labute approximate surface area is 117 Å². The summed E-state index contributed by atoms with van der Waals surface area (Å²) in [5.41, 5.74) is 0. The van der Waals surface area contributed by atoms with E-state index in [9.17, 15) is 4.79 Å². The molecule has 18 heavy (non-hydrogen) atoms.